The molecule has 2 amide bonds. The predicted octanol–water partition coefficient (Wildman–Crippen LogP) is 5.17. The normalized spacial score (nSPS) is 22.8. The van der Waals surface area contributed by atoms with Crippen molar-refractivity contribution in [2.24, 2.45) is 10.9 Å². The van der Waals surface area contributed by atoms with E-state index in [1.807, 2.05) is 12.1 Å². The maximum Gasteiger partial charge on any atom is 0.408 e. The molecule has 3 heterocycles. The number of nitrogens with one attached hydrogen (secondary N) is 2. The van der Waals surface area contributed by atoms with Gasteiger partial charge >= 0.3 is 12.6 Å². The average molecular weight is 472 g/mol. The lowest BCUT2D eigenvalue weighted by Gasteiger charge is -2.24. The Morgan fingerprint density at radius 2 is 2.06 bits per heavy atom. The summed E-state index contributed by atoms with van der Waals surface area (Å²) in [7, 11) is 0. The number of carbonyl (C=O) groups is 2. The Kier molecular flexibility index (Phi) is 6.24. The number of hydrogen-bond donors (Lipinski definition) is 2. The van der Waals surface area contributed by atoms with Crippen molar-refractivity contribution in [3.8, 4) is 11.3 Å². The Morgan fingerprint density at radius 3 is 2.71 bits per heavy atom. The minimum atomic E-state index is -2.92. The predicted molar refractivity (Wildman–Crippen MR) is 124 cm³/mol. The number of ether oxygens (including phenoxy) is 1. The second-order valence-corrected chi connectivity index (χ2v) is 9.36. The van der Waals surface area contributed by atoms with Crippen LogP contribution in [0.3, 0.4) is 0 Å². The van der Waals surface area contributed by atoms with Crippen molar-refractivity contribution in [2.45, 2.75) is 58.3 Å². The number of fused-ring (bicyclic) bond motifs is 4. The number of nitrogens with zero attached hydrogens (tertiary/aromatic N) is 3. The monoisotopic (exact) mass is 471 g/mol. The first-order chi connectivity index (χ1) is 16.0. The van der Waals surface area contributed by atoms with Crippen molar-refractivity contribution in [1.82, 2.24) is 15.1 Å². The van der Waals surface area contributed by atoms with E-state index in [1.54, 1.807) is 52.1 Å². The van der Waals surface area contributed by atoms with Crippen molar-refractivity contribution < 1.29 is 23.1 Å². The van der Waals surface area contributed by atoms with Gasteiger partial charge in [0.25, 0.3) is 0 Å². The van der Waals surface area contributed by atoms with Gasteiger partial charge < -0.3 is 15.4 Å². The minimum Gasteiger partial charge on any atom is -0.444 e. The fraction of sp³-hybridized carbons (Fsp3) is 0.417. The summed E-state index contributed by atoms with van der Waals surface area (Å²) in [6.45, 7) is 4.09. The Bertz CT molecular complexity index is 1160. The van der Waals surface area contributed by atoms with Crippen LogP contribution in [0.2, 0.25) is 0 Å². The van der Waals surface area contributed by atoms with Crippen LogP contribution in [0.1, 0.15) is 63.9 Å². The van der Waals surface area contributed by atoms with Gasteiger partial charge in [0.05, 0.1) is 29.5 Å². The van der Waals surface area contributed by atoms with Crippen molar-refractivity contribution in [3.05, 3.63) is 47.7 Å². The lowest BCUT2D eigenvalue weighted by molar-refractivity contribution is -0.118. The Hall–Kier alpha value is -3.56. The molecular formula is C24H27F2N5O3. The van der Waals surface area contributed by atoms with E-state index in [0.29, 0.717) is 27.8 Å². The molecule has 4 rings (SSSR count). The number of hydrogen-bond acceptors (Lipinski definition) is 5. The number of rotatable bonds is 3. The van der Waals surface area contributed by atoms with Crippen LogP contribution in [-0.4, -0.2) is 33.6 Å². The molecule has 1 unspecified atom stereocenters. The Labute approximate surface area is 196 Å². The minimum absolute atomic E-state index is 0.0865. The maximum atomic E-state index is 13.9. The molecule has 0 fully saturated rings. The van der Waals surface area contributed by atoms with Gasteiger partial charge in [-0.3, -0.25) is 9.79 Å². The standard InChI is InChI=1S/C24H27F2N5O3/c1-13-6-5-7-17(30-23(33)34-24(2,3)4)14-8-9-15(18-11-27-18)16(10-14)20-19(29-21(13)32)12-28-31(20)22(25)26/h5-6,8-13,17-18,22H,7H2,1-4H3,(H,29,32)(H,30,33)/b6-5+/t13-,17+,18?/m1/s1. The van der Waals surface area contributed by atoms with E-state index in [9.17, 15) is 18.4 Å². The van der Waals surface area contributed by atoms with Crippen LogP contribution in [0.4, 0.5) is 19.3 Å². The largest absolute Gasteiger partial charge is 0.444 e. The highest BCUT2D eigenvalue weighted by atomic mass is 19.3. The molecule has 2 aliphatic rings. The van der Waals surface area contributed by atoms with E-state index < -0.39 is 30.2 Å². The van der Waals surface area contributed by atoms with E-state index in [1.165, 1.54) is 6.20 Å². The summed E-state index contributed by atoms with van der Waals surface area (Å²) >= 11 is 0. The number of anilines is 1. The first-order valence-corrected chi connectivity index (χ1v) is 11.0. The van der Waals surface area contributed by atoms with Gasteiger partial charge in [-0.1, -0.05) is 31.2 Å². The second kappa shape index (κ2) is 9.00. The van der Waals surface area contributed by atoms with Gasteiger partial charge in [0.15, 0.2) is 0 Å². The molecule has 180 valence electrons. The molecule has 0 spiro atoms. The van der Waals surface area contributed by atoms with E-state index >= 15 is 0 Å². The quantitative estimate of drug-likeness (QED) is 0.604. The Balaban J connectivity index is 1.85. The number of carbonyl (C=O) groups excluding carboxylic acids is 2. The summed E-state index contributed by atoms with van der Waals surface area (Å²) in [6.07, 6.45) is 6.24. The van der Waals surface area contributed by atoms with Crippen molar-refractivity contribution in [3.63, 3.8) is 0 Å². The highest BCUT2D eigenvalue weighted by Crippen LogP contribution is 2.41. The number of aliphatic imine (C=N–C) groups is 1. The van der Waals surface area contributed by atoms with Crippen molar-refractivity contribution >= 4 is 23.9 Å². The molecule has 2 aromatic rings. The van der Waals surface area contributed by atoms with Crippen molar-refractivity contribution in [2.75, 3.05) is 5.32 Å². The molecule has 2 N–H and O–H groups in total. The summed E-state index contributed by atoms with van der Waals surface area (Å²) in [5.41, 5.74) is 1.45. The van der Waals surface area contributed by atoms with Crippen molar-refractivity contribution in [1.29, 1.82) is 0 Å². The molecule has 34 heavy (non-hydrogen) atoms. The van der Waals surface area contributed by atoms with Crippen LogP contribution in [0, 0.1) is 5.92 Å². The van der Waals surface area contributed by atoms with Gasteiger partial charge in [-0.05, 0) is 44.4 Å². The molecule has 2 bridgehead atoms. The van der Waals surface area contributed by atoms with Crippen LogP contribution >= 0.6 is 0 Å². The third-order valence-electron chi connectivity index (χ3n) is 5.49. The highest BCUT2D eigenvalue weighted by Gasteiger charge is 2.29. The van der Waals surface area contributed by atoms with Gasteiger partial charge in [0.1, 0.15) is 11.6 Å². The van der Waals surface area contributed by atoms with Crippen LogP contribution in [0.15, 0.2) is 41.5 Å². The lowest BCUT2D eigenvalue weighted by Crippen LogP contribution is -2.35. The zero-order valence-electron chi connectivity index (χ0n) is 19.4. The molecular weight excluding hydrogens is 444 g/mol. The third-order valence-corrected chi connectivity index (χ3v) is 5.49. The summed E-state index contributed by atoms with van der Waals surface area (Å²) < 4.78 is 33.8. The number of amides is 2. The Morgan fingerprint density at radius 1 is 1.32 bits per heavy atom. The number of aromatic nitrogens is 2. The van der Waals surface area contributed by atoms with Crippen LogP contribution in [-0.2, 0) is 9.53 Å². The van der Waals surface area contributed by atoms with E-state index in [2.05, 4.69) is 20.7 Å². The molecule has 0 saturated heterocycles. The summed E-state index contributed by atoms with van der Waals surface area (Å²) in [6, 6.07) is 4.63. The fourth-order valence-corrected chi connectivity index (χ4v) is 3.81. The molecule has 0 saturated carbocycles. The number of halogens is 2. The lowest BCUT2D eigenvalue weighted by atomic mass is 9.93. The summed E-state index contributed by atoms with van der Waals surface area (Å²) in [4.78, 5) is 29.5. The SMILES string of the molecule is C[C@@H]1/C=C/C[C@H](NC(=O)OC(C)(C)C)c2ccc(C3C=N3)c(c2)-c2c(cnn2C(F)F)NC1=O. The van der Waals surface area contributed by atoms with Crippen LogP contribution < -0.4 is 10.6 Å². The fourth-order valence-electron chi connectivity index (χ4n) is 3.81. The number of alkyl halides is 2. The smallest absolute Gasteiger partial charge is 0.408 e. The van der Waals surface area contributed by atoms with Gasteiger partial charge in [-0.2, -0.15) is 13.9 Å². The topological polar surface area (TPSA) is 97.6 Å². The highest BCUT2D eigenvalue weighted by molar-refractivity contribution is 5.97. The zero-order chi connectivity index (χ0) is 24.6. The van der Waals surface area contributed by atoms with E-state index in [0.717, 1.165) is 0 Å². The van der Waals surface area contributed by atoms with Gasteiger partial charge in [0.2, 0.25) is 5.91 Å². The molecule has 3 atom stereocenters. The van der Waals surface area contributed by atoms with Crippen LogP contribution in [0.25, 0.3) is 11.3 Å². The number of benzene rings is 1. The first-order valence-electron chi connectivity index (χ1n) is 11.0. The van der Waals surface area contributed by atoms with Gasteiger partial charge in [-0.15, -0.1) is 0 Å². The number of alkyl carbamates (subject to hydrolysis) is 1. The summed E-state index contributed by atoms with van der Waals surface area (Å²) in [5, 5.41) is 9.43. The van der Waals surface area contributed by atoms with Crippen LogP contribution in [0.5, 0.6) is 0 Å². The molecule has 0 radical (unpaired) electrons. The second-order valence-electron chi connectivity index (χ2n) is 9.36. The molecule has 1 aromatic carbocycles. The average Bonchev–Trinajstić information content (AvgIpc) is 3.50. The first kappa shape index (κ1) is 23.6. The van der Waals surface area contributed by atoms with E-state index in [4.69, 9.17) is 4.74 Å². The maximum absolute atomic E-state index is 13.9. The van der Waals surface area contributed by atoms with Gasteiger partial charge in [0, 0.05) is 11.8 Å². The van der Waals surface area contributed by atoms with E-state index in [-0.39, 0.29) is 23.3 Å². The molecule has 1 aromatic heterocycles. The summed E-state index contributed by atoms with van der Waals surface area (Å²) in [5.74, 6) is -0.891. The third kappa shape index (κ3) is 5.16. The zero-order valence-corrected chi connectivity index (χ0v) is 19.4. The molecule has 2 aliphatic heterocycles. The van der Waals surface area contributed by atoms with Gasteiger partial charge in [-0.25, -0.2) is 9.48 Å². The molecule has 0 aliphatic carbocycles. The molecule has 10 heteroatoms. The molecule has 8 nitrogen and oxygen atoms in total.